The molecule has 3 aromatic rings. The standard InChI is InChI=1S/C29H30O3/c1-3-22(19-23-14-15-28(30)27-12-8-7-11-26(23)27)13-16-29-25(17-18-31-29)21(2)20-32-24-9-5-4-6-10-24/h4-12,14-15,17,19,29-30H,2-3,13,16,18,20H2,1H3/b22-19+. The van der Waals surface area contributed by atoms with Crippen molar-refractivity contribution in [2.24, 2.45) is 0 Å². The van der Waals surface area contributed by atoms with Crippen LogP contribution in [0.1, 0.15) is 31.7 Å². The number of phenolic OH excluding ortho intramolecular Hbond substituents is 1. The predicted molar refractivity (Wildman–Crippen MR) is 132 cm³/mol. The molecule has 0 saturated carbocycles. The van der Waals surface area contributed by atoms with Crippen molar-refractivity contribution in [3.8, 4) is 11.5 Å². The highest BCUT2D eigenvalue weighted by Gasteiger charge is 2.22. The zero-order valence-corrected chi connectivity index (χ0v) is 18.6. The van der Waals surface area contributed by atoms with Crippen molar-refractivity contribution in [1.29, 1.82) is 0 Å². The minimum Gasteiger partial charge on any atom is -0.507 e. The van der Waals surface area contributed by atoms with Gasteiger partial charge in [-0.25, -0.2) is 0 Å². The van der Waals surface area contributed by atoms with Crippen molar-refractivity contribution >= 4 is 16.8 Å². The molecule has 1 atom stereocenters. The van der Waals surface area contributed by atoms with Gasteiger partial charge in [0, 0.05) is 5.39 Å². The fraction of sp³-hybridized carbons (Fsp3) is 0.241. The zero-order chi connectivity index (χ0) is 22.3. The Kier molecular flexibility index (Phi) is 7.08. The van der Waals surface area contributed by atoms with Crippen LogP contribution in [0.5, 0.6) is 11.5 Å². The molecule has 1 unspecified atom stereocenters. The first-order chi connectivity index (χ1) is 15.7. The monoisotopic (exact) mass is 426 g/mol. The number of hydrogen-bond donors (Lipinski definition) is 1. The number of benzene rings is 3. The number of rotatable bonds is 9. The maximum absolute atomic E-state index is 10.2. The molecule has 0 spiro atoms. The molecule has 0 saturated heterocycles. The summed E-state index contributed by atoms with van der Waals surface area (Å²) in [7, 11) is 0. The van der Waals surface area contributed by atoms with Crippen molar-refractivity contribution in [3.63, 3.8) is 0 Å². The molecule has 0 bridgehead atoms. The van der Waals surface area contributed by atoms with Crippen LogP contribution in [-0.4, -0.2) is 24.4 Å². The van der Waals surface area contributed by atoms with Gasteiger partial charge in [0.15, 0.2) is 0 Å². The van der Waals surface area contributed by atoms with Crippen LogP contribution in [0, 0.1) is 0 Å². The van der Waals surface area contributed by atoms with Crippen molar-refractivity contribution in [2.45, 2.75) is 32.3 Å². The molecule has 3 nitrogen and oxygen atoms in total. The lowest BCUT2D eigenvalue weighted by atomic mass is 9.95. The average molecular weight is 427 g/mol. The molecule has 0 aromatic heterocycles. The molecule has 0 radical (unpaired) electrons. The fourth-order valence-corrected chi connectivity index (χ4v) is 4.18. The maximum Gasteiger partial charge on any atom is 0.123 e. The fourth-order valence-electron chi connectivity index (χ4n) is 4.18. The summed E-state index contributed by atoms with van der Waals surface area (Å²) in [6.45, 7) is 7.52. The number of ether oxygens (including phenoxy) is 2. The molecule has 0 amide bonds. The van der Waals surface area contributed by atoms with Gasteiger partial charge < -0.3 is 14.6 Å². The second-order valence-corrected chi connectivity index (χ2v) is 8.10. The van der Waals surface area contributed by atoms with Gasteiger partial charge in [-0.3, -0.25) is 0 Å². The Bertz CT molecular complexity index is 1140. The number of allylic oxidation sites excluding steroid dienone is 1. The van der Waals surface area contributed by atoms with E-state index in [4.69, 9.17) is 9.47 Å². The minimum atomic E-state index is 0.0494. The zero-order valence-electron chi connectivity index (χ0n) is 18.6. The quantitative estimate of drug-likeness (QED) is 0.397. The molecule has 1 aliphatic rings. The molecular formula is C29H30O3. The molecule has 3 heteroatoms. The number of fused-ring (bicyclic) bond motifs is 1. The first-order valence-corrected chi connectivity index (χ1v) is 11.2. The molecule has 0 fully saturated rings. The Balaban J connectivity index is 1.41. The summed E-state index contributed by atoms with van der Waals surface area (Å²) < 4.78 is 11.9. The Morgan fingerprint density at radius 2 is 1.81 bits per heavy atom. The SMILES string of the molecule is C=C(COc1ccccc1)C1=CCOC1CC/C(=C/c1ccc(O)c2ccccc12)CC. The third-order valence-corrected chi connectivity index (χ3v) is 5.99. The third-order valence-electron chi connectivity index (χ3n) is 5.99. The van der Waals surface area contributed by atoms with E-state index in [2.05, 4.69) is 31.7 Å². The second kappa shape index (κ2) is 10.3. The van der Waals surface area contributed by atoms with Crippen LogP contribution >= 0.6 is 0 Å². The van der Waals surface area contributed by atoms with Gasteiger partial charge >= 0.3 is 0 Å². The van der Waals surface area contributed by atoms with Crippen LogP contribution in [0.3, 0.4) is 0 Å². The van der Waals surface area contributed by atoms with E-state index in [0.29, 0.717) is 19.0 Å². The molecule has 3 aromatic carbocycles. The van der Waals surface area contributed by atoms with E-state index < -0.39 is 0 Å². The minimum absolute atomic E-state index is 0.0494. The Morgan fingerprint density at radius 3 is 2.59 bits per heavy atom. The largest absolute Gasteiger partial charge is 0.507 e. The van der Waals surface area contributed by atoms with E-state index in [1.807, 2.05) is 54.6 Å². The van der Waals surface area contributed by atoms with E-state index >= 15 is 0 Å². The van der Waals surface area contributed by atoms with Crippen LogP contribution in [0.25, 0.3) is 16.8 Å². The summed E-state index contributed by atoms with van der Waals surface area (Å²) in [5, 5.41) is 12.1. The lowest BCUT2D eigenvalue weighted by Crippen LogP contribution is -2.14. The first kappa shape index (κ1) is 21.9. The van der Waals surface area contributed by atoms with Gasteiger partial charge in [-0.05, 0) is 59.6 Å². The van der Waals surface area contributed by atoms with Crippen molar-refractivity contribution in [1.82, 2.24) is 0 Å². The summed E-state index contributed by atoms with van der Waals surface area (Å²) in [4.78, 5) is 0. The maximum atomic E-state index is 10.2. The van der Waals surface area contributed by atoms with Crippen molar-refractivity contribution in [3.05, 3.63) is 102 Å². The van der Waals surface area contributed by atoms with E-state index in [0.717, 1.165) is 52.5 Å². The van der Waals surface area contributed by atoms with E-state index in [9.17, 15) is 5.11 Å². The Labute approximate surface area is 190 Å². The molecule has 32 heavy (non-hydrogen) atoms. The average Bonchev–Trinajstić information content (AvgIpc) is 3.31. The molecule has 1 N–H and O–H groups in total. The predicted octanol–water partition coefficient (Wildman–Crippen LogP) is 7.08. The summed E-state index contributed by atoms with van der Waals surface area (Å²) in [6.07, 6.45) is 7.26. The van der Waals surface area contributed by atoms with Gasteiger partial charge in [0.25, 0.3) is 0 Å². The van der Waals surface area contributed by atoms with Gasteiger partial charge in [0.1, 0.15) is 18.1 Å². The normalized spacial score (nSPS) is 16.2. The van der Waals surface area contributed by atoms with Gasteiger partial charge in [-0.15, -0.1) is 0 Å². The molecular weight excluding hydrogens is 396 g/mol. The highest BCUT2D eigenvalue weighted by Crippen LogP contribution is 2.31. The number of phenols is 1. The highest BCUT2D eigenvalue weighted by molar-refractivity contribution is 5.94. The summed E-state index contributed by atoms with van der Waals surface area (Å²) in [6, 6.07) is 21.6. The third kappa shape index (κ3) is 5.12. The van der Waals surface area contributed by atoms with Crippen LogP contribution in [0.4, 0.5) is 0 Å². The first-order valence-electron chi connectivity index (χ1n) is 11.2. The number of para-hydroxylation sites is 1. The van der Waals surface area contributed by atoms with Crippen molar-refractivity contribution in [2.75, 3.05) is 13.2 Å². The Hall–Kier alpha value is -3.30. The van der Waals surface area contributed by atoms with E-state index in [1.165, 1.54) is 5.57 Å². The molecule has 1 aliphatic heterocycles. The van der Waals surface area contributed by atoms with Crippen LogP contribution < -0.4 is 4.74 Å². The van der Waals surface area contributed by atoms with E-state index in [1.54, 1.807) is 6.07 Å². The topological polar surface area (TPSA) is 38.7 Å². The number of hydrogen-bond acceptors (Lipinski definition) is 3. The highest BCUT2D eigenvalue weighted by atomic mass is 16.5. The molecule has 164 valence electrons. The summed E-state index contributed by atoms with van der Waals surface area (Å²) in [5.74, 6) is 1.17. The molecule has 0 aliphatic carbocycles. The molecule has 4 rings (SSSR count). The van der Waals surface area contributed by atoms with Gasteiger partial charge in [-0.1, -0.05) is 79.8 Å². The lowest BCUT2D eigenvalue weighted by molar-refractivity contribution is 0.116. The van der Waals surface area contributed by atoms with Crippen LogP contribution in [0.2, 0.25) is 0 Å². The molecule has 1 heterocycles. The van der Waals surface area contributed by atoms with Gasteiger partial charge in [0.05, 0.1) is 12.7 Å². The van der Waals surface area contributed by atoms with E-state index in [-0.39, 0.29) is 6.10 Å². The van der Waals surface area contributed by atoms with Crippen LogP contribution in [-0.2, 0) is 4.74 Å². The summed E-state index contributed by atoms with van der Waals surface area (Å²) in [5.41, 5.74) is 4.63. The summed E-state index contributed by atoms with van der Waals surface area (Å²) >= 11 is 0. The number of aromatic hydroxyl groups is 1. The smallest absolute Gasteiger partial charge is 0.123 e. The lowest BCUT2D eigenvalue weighted by Gasteiger charge is -2.18. The van der Waals surface area contributed by atoms with Crippen molar-refractivity contribution < 1.29 is 14.6 Å². The van der Waals surface area contributed by atoms with Gasteiger partial charge in [0.2, 0.25) is 0 Å². The Morgan fingerprint density at radius 1 is 1.06 bits per heavy atom. The van der Waals surface area contributed by atoms with Crippen LogP contribution in [0.15, 0.2) is 96.1 Å². The van der Waals surface area contributed by atoms with Gasteiger partial charge in [-0.2, -0.15) is 0 Å². The second-order valence-electron chi connectivity index (χ2n) is 8.10.